The van der Waals surface area contributed by atoms with Gasteiger partial charge in [-0.3, -0.25) is 0 Å². The van der Waals surface area contributed by atoms with Gasteiger partial charge in [0.05, 0.1) is 11.8 Å². The van der Waals surface area contributed by atoms with Crippen LogP contribution in [0.1, 0.15) is 18.5 Å². The van der Waals surface area contributed by atoms with Gasteiger partial charge >= 0.3 is 0 Å². The number of hydrogen-bond donors (Lipinski definition) is 0. The molecule has 20 heavy (non-hydrogen) atoms. The molecule has 1 atom stereocenters. The molecule has 0 radical (unpaired) electrons. The van der Waals surface area contributed by atoms with E-state index in [0.717, 1.165) is 40.9 Å². The Morgan fingerprint density at radius 1 is 1.25 bits per heavy atom. The summed E-state index contributed by atoms with van der Waals surface area (Å²) in [5.41, 5.74) is 3.14. The van der Waals surface area contributed by atoms with Gasteiger partial charge in [-0.05, 0) is 25.8 Å². The van der Waals surface area contributed by atoms with Gasteiger partial charge in [-0.25, -0.2) is 9.97 Å². The van der Waals surface area contributed by atoms with Crippen LogP contribution in [0.3, 0.4) is 0 Å². The van der Waals surface area contributed by atoms with E-state index < -0.39 is 0 Å². The molecule has 0 bridgehead atoms. The van der Waals surface area contributed by atoms with Gasteiger partial charge < -0.3 is 4.74 Å². The average molecular weight is 286 g/mol. The number of aromatic nitrogens is 2. The van der Waals surface area contributed by atoms with Gasteiger partial charge in [0, 0.05) is 23.6 Å². The molecule has 1 fully saturated rings. The summed E-state index contributed by atoms with van der Waals surface area (Å²) in [6.45, 7) is 2.92. The lowest BCUT2D eigenvalue weighted by molar-refractivity contribution is 0.129. The highest BCUT2D eigenvalue weighted by atomic mass is 32.2. The van der Waals surface area contributed by atoms with Crippen LogP contribution in [-0.4, -0.2) is 28.4 Å². The first-order chi connectivity index (χ1) is 9.81. The van der Waals surface area contributed by atoms with Crippen molar-refractivity contribution in [3.05, 3.63) is 42.1 Å². The van der Waals surface area contributed by atoms with Crippen LogP contribution in [0.25, 0.3) is 11.3 Å². The molecular formula is C16H18N2OS. The van der Waals surface area contributed by atoms with Gasteiger partial charge in [-0.2, -0.15) is 0 Å². The SMILES string of the molecule is Cc1cc(-c2ccccc2)nc(SCC2CCCO2)n1. The molecule has 0 spiro atoms. The minimum Gasteiger partial charge on any atom is -0.377 e. The molecule has 1 saturated heterocycles. The van der Waals surface area contributed by atoms with E-state index in [0.29, 0.717) is 6.10 Å². The lowest BCUT2D eigenvalue weighted by atomic mass is 10.1. The Labute approximate surface area is 123 Å². The number of hydrogen-bond acceptors (Lipinski definition) is 4. The molecule has 3 rings (SSSR count). The summed E-state index contributed by atoms with van der Waals surface area (Å²) in [5.74, 6) is 0.942. The van der Waals surface area contributed by atoms with Gasteiger partial charge in [0.2, 0.25) is 0 Å². The van der Waals surface area contributed by atoms with Crippen LogP contribution in [0, 0.1) is 6.92 Å². The number of aryl methyl sites for hydroxylation is 1. The Morgan fingerprint density at radius 2 is 2.10 bits per heavy atom. The van der Waals surface area contributed by atoms with Crippen LogP contribution in [0.4, 0.5) is 0 Å². The number of ether oxygens (including phenoxy) is 1. The van der Waals surface area contributed by atoms with Gasteiger partial charge in [-0.15, -0.1) is 0 Å². The van der Waals surface area contributed by atoms with Crippen molar-refractivity contribution in [2.45, 2.75) is 31.0 Å². The minimum atomic E-state index is 0.365. The maximum atomic E-state index is 5.64. The largest absolute Gasteiger partial charge is 0.377 e. The lowest BCUT2D eigenvalue weighted by Crippen LogP contribution is -2.08. The zero-order valence-corrected chi connectivity index (χ0v) is 12.4. The molecule has 3 nitrogen and oxygen atoms in total. The predicted molar refractivity (Wildman–Crippen MR) is 81.9 cm³/mol. The van der Waals surface area contributed by atoms with Crippen LogP contribution < -0.4 is 0 Å². The molecule has 1 aromatic carbocycles. The Kier molecular flexibility index (Phi) is 4.33. The van der Waals surface area contributed by atoms with E-state index in [9.17, 15) is 0 Å². The molecule has 0 saturated carbocycles. The van der Waals surface area contributed by atoms with E-state index in [-0.39, 0.29) is 0 Å². The maximum absolute atomic E-state index is 5.64. The molecule has 0 N–H and O–H groups in total. The fourth-order valence-corrected chi connectivity index (χ4v) is 3.28. The summed E-state index contributed by atoms with van der Waals surface area (Å²) in [7, 11) is 0. The summed E-state index contributed by atoms with van der Waals surface area (Å²) >= 11 is 1.69. The number of benzene rings is 1. The molecule has 1 aliphatic heterocycles. The maximum Gasteiger partial charge on any atom is 0.188 e. The molecule has 2 heterocycles. The van der Waals surface area contributed by atoms with Crippen molar-refractivity contribution in [1.82, 2.24) is 9.97 Å². The molecular weight excluding hydrogens is 268 g/mol. The van der Waals surface area contributed by atoms with Gasteiger partial charge in [0.25, 0.3) is 0 Å². The van der Waals surface area contributed by atoms with Crippen molar-refractivity contribution in [2.75, 3.05) is 12.4 Å². The fourth-order valence-electron chi connectivity index (χ4n) is 2.31. The Morgan fingerprint density at radius 3 is 2.85 bits per heavy atom. The van der Waals surface area contributed by atoms with E-state index in [1.54, 1.807) is 11.8 Å². The molecule has 0 amide bonds. The summed E-state index contributed by atoms with van der Waals surface area (Å²) in [6, 6.07) is 12.3. The first kappa shape index (κ1) is 13.6. The summed E-state index contributed by atoms with van der Waals surface area (Å²) in [4.78, 5) is 9.18. The van der Waals surface area contributed by atoms with Crippen molar-refractivity contribution in [2.24, 2.45) is 0 Å². The Bertz CT molecular complexity index is 568. The van der Waals surface area contributed by atoms with Crippen molar-refractivity contribution >= 4 is 11.8 Å². The van der Waals surface area contributed by atoms with Crippen molar-refractivity contribution in [1.29, 1.82) is 0 Å². The zero-order valence-electron chi connectivity index (χ0n) is 11.6. The topological polar surface area (TPSA) is 35.0 Å². The van der Waals surface area contributed by atoms with Gasteiger partial charge in [0.1, 0.15) is 0 Å². The Balaban J connectivity index is 1.76. The fraction of sp³-hybridized carbons (Fsp3) is 0.375. The second-order valence-corrected chi connectivity index (χ2v) is 5.98. The van der Waals surface area contributed by atoms with Crippen molar-refractivity contribution < 1.29 is 4.74 Å². The summed E-state index contributed by atoms with van der Waals surface area (Å²) in [5, 5.41) is 0.847. The molecule has 4 heteroatoms. The highest BCUT2D eigenvalue weighted by Crippen LogP contribution is 2.24. The third kappa shape index (κ3) is 3.38. The van der Waals surface area contributed by atoms with E-state index in [1.165, 1.54) is 6.42 Å². The van der Waals surface area contributed by atoms with E-state index >= 15 is 0 Å². The average Bonchev–Trinajstić information content (AvgIpc) is 2.99. The van der Waals surface area contributed by atoms with Crippen LogP contribution in [0.15, 0.2) is 41.6 Å². The van der Waals surface area contributed by atoms with Crippen LogP contribution in [0.2, 0.25) is 0 Å². The van der Waals surface area contributed by atoms with Crippen molar-refractivity contribution in [3.8, 4) is 11.3 Å². The smallest absolute Gasteiger partial charge is 0.188 e. The van der Waals surface area contributed by atoms with Gasteiger partial charge in [0.15, 0.2) is 5.16 Å². The summed E-state index contributed by atoms with van der Waals surface area (Å²) < 4.78 is 5.64. The Hall–Kier alpha value is -1.39. The predicted octanol–water partition coefficient (Wildman–Crippen LogP) is 3.72. The minimum absolute atomic E-state index is 0.365. The van der Waals surface area contributed by atoms with E-state index in [2.05, 4.69) is 22.1 Å². The highest BCUT2D eigenvalue weighted by molar-refractivity contribution is 7.99. The van der Waals surface area contributed by atoms with E-state index in [4.69, 9.17) is 4.74 Å². The molecule has 104 valence electrons. The van der Waals surface area contributed by atoms with Crippen LogP contribution in [-0.2, 0) is 4.74 Å². The van der Waals surface area contributed by atoms with Gasteiger partial charge in [-0.1, -0.05) is 42.1 Å². The third-order valence-electron chi connectivity index (χ3n) is 3.33. The number of thioether (sulfide) groups is 1. The molecule has 1 unspecified atom stereocenters. The molecule has 1 aliphatic rings. The second-order valence-electron chi connectivity index (χ2n) is 4.99. The molecule has 1 aromatic heterocycles. The second kappa shape index (κ2) is 6.37. The third-order valence-corrected chi connectivity index (χ3v) is 4.30. The quantitative estimate of drug-likeness (QED) is 0.634. The lowest BCUT2D eigenvalue weighted by Gasteiger charge is -2.09. The summed E-state index contributed by atoms with van der Waals surface area (Å²) in [6.07, 6.45) is 2.70. The van der Waals surface area contributed by atoms with Crippen molar-refractivity contribution in [3.63, 3.8) is 0 Å². The monoisotopic (exact) mass is 286 g/mol. The number of nitrogens with zero attached hydrogens (tertiary/aromatic N) is 2. The van der Waals surface area contributed by atoms with Crippen LogP contribution in [0.5, 0.6) is 0 Å². The number of rotatable bonds is 4. The first-order valence-electron chi connectivity index (χ1n) is 6.97. The van der Waals surface area contributed by atoms with E-state index in [1.807, 2.05) is 31.2 Å². The molecule has 2 aromatic rings. The normalized spacial score (nSPS) is 18.4. The molecule has 0 aliphatic carbocycles. The first-order valence-corrected chi connectivity index (χ1v) is 7.95. The van der Waals surface area contributed by atoms with Crippen LogP contribution >= 0.6 is 11.8 Å². The zero-order chi connectivity index (χ0) is 13.8. The standard InChI is InChI=1S/C16H18N2OS/c1-12-10-15(13-6-3-2-4-7-13)18-16(17-12)20-11-14-8-5-9-19-14/h2-4,6-7,10,14H,5,8-9,11H2,1H3. The highest BCUT2D eigenvalue weighted by Gasteiger charge is 2.16.